The SMILES string of the molecule is CNC(=O)Nc1ccc2c(c1)C(=O)C(=Cc1c(-c3nc(C(C)C)no3)[nH]c3ccc(OC)cc13)O2. The smallest absolute Gasteiger partial charge is 0.318 e. The topological polar surface area (TPSA) is 131 Å². The summed E-state index contributed by atoms with van der Waals surface area (Å²) in [7, 11) is 3.10. The largest absolute Gasteiger partial charge is 0.497 e. The minimum atomic E-state index is -0.384. The van der Waals surface area contributed by atoms with Crippen LogP contribution in [-0.4, -0.2) is 41.1 Å². The molecule has 0 saturated heterocycles. The van der Waals surface area contributed by atoms with Gasteiger partial charge in [-0.1, -0.05) is 19.0 Å². The standard InChI is InChI=1S/C25H23N5O5/c1-12(2)23-29-24(35-30-23)21-16(15-10-14(33-4)6-7-18(15)28-21)11-20-22(31)17-9-13(27-25(32)26-3)5-8-19(17)34-20/h5-12,28H,1-4H3,(H2,26,27,32). The van der Waals surface area contributed by atoms with Crippen LogP contribution < -0.4 is 20.1 Å². The predicted octanol–water partition coefficient (Wildman–Crippen LogP) is 4.72. The first-order chi connectivity index (χ1) is 16.9. The highest BCUT2D eigenvalue weighted by molar-refractivity contribution is 6.16. The van der Waals surface area contributed by atoms with Gasteiger partial charge in [0, 0.05) is 35.1 Å². The molecule has 0 atom stereocenters. The van der Waals surface area contributed by atoms with Crippen LogP contribution in [0.2, 0.25) is 0 Å². The molecule has 3 N–H and O–H groups in total. The third-order valence-corrected chi connectivity index (χ3v) is 5.65. The van der Waals surface area contributed by atoms with Crippen LogP contribution in [0, 0.1) is 0 Å². The van der Waals surface area contributed by atoms with Crippen molar-refractivity contribution in [2.24, 2.45) is 0 Å². The Balaban J connectivity index is 1.60. The Hall–Kier alpha value is -4.60. The van der Waals surface area contributed by atoms with Crippen molar-refractivity contribution in [2.75, 3.05) is 19.5 Å². The number of urea groups is 1. The van der Waals surface area contributed by atoms with Gasteiger partial charge in [-0.25, -0.2) is 4.79 Å². The number of allylic oxidation sites excluding steroid dienone is 1. The molecule has 1 aliphatic heterocycles. The molecule has 1 aliphatic rings. The van der Waals surface area contributed by atoms with E-state index in [2.05, 4.69) is 25.8 Å². The number of benzene rings is 2. The lowest BCUT2D eigenvalue weighted by Gasteiger charge is -2.04. The fourth-order valence-electron chi connectivity index (χ4n) is 3.80. The van der Waals surface area contributed by atoms with Gasteiger partial charge in [0.1, 0.15) is 17.2 Å². The number of methoxy groups -OCH3 is 1. The lowest BCUT2D eigenvalue weighted by molar-refractivity contribution is 0.101. The minimum absolute atomic E-state index is 0.0885. The van der Waals surface area contributed by atoms with E-state index in [1.807, 2.05) is 32.0 Å². The van der Waals surface area contributed by atoms with Gasteiger partial charge in [0.15, 0.2) is 11.6 Å². The number of carbonyl (C=O) groups is 2. The highest BCUT2D eigenvalue weighted by Gasteiger charge is 2.29. The third-order valence-electron chi connectivity index (χ3n) is 5.65. The molecule has 0 unspecified atom stereocenters. The van der Waals surface area contributed by atoms with Crippen molar-refractivity contribution in [3.8, 4) is 23.1 Å². The number of amides is 2. The Morgan fingerprint density at radius 3 is 2.74 bits per heavy atom. The number of Topliss-reactive ketones (excluding diaryl/α,β-unsaturated/α-hetero) is 1. The Morgan fingerprint density at radius 2 is 2.03 bits per heavy atom. The number of carbonyl (C=O) groups excluding carboxylic acids is 2. The second-order valence-electron chi connectivity index (χ2n) is 8.29. The maximum absolute atomic E-state index is 13.2. The molecule has 0 fully saturated rings. The average molecular weight is 473 g/mol. The van der Waals surface area contributed by atoms with Crippen LogP contribution in [0.3, 0.4) is 0 Å². The first-order valence-electron chi connectivity index (χ1n) is 11.0. The summed E-state index contributed by atoms with van der Waals surface area (Å²) in [6.45, 7) is 3.95. The molecule has 4 aromatic rings. The Labute approximate surface area is 200 Å². The van der Waals surface area contributed by atoms with Crippen molar-refractivity contribution in [2.45, 2.75) is 19.8 Å². The molecular weight excluding hydrogens is 450 g/mol. The van der Waals surface area contributed by atoms with Gasteiger partial charge in [-0.15, -0.1) is 0 Å². The average Bonchev–Trinajstić information content (AvgIpc) is 3.56. The molecule has 178 valence electrons. The van der Waals surface area contributed by atoms with E-state index in [-0.39, 0.29) is 23.5 Å². The zero-order chi connectivity index (χ0) is 24.7. The van der Waals surface area contributed by atoms with Gasteiger partial charge in [0.2, 0.25) is 5.78 Å². The molecule has 2 aromatic heterocycles. The molecule has 0 radical (unpaired) electrons. The van der Waals surface area contributed by atoms with E-state index in [4.69, 9.17) is 14.0 Å². The van der Waals surface area contributed by atoms with Gasteiger partial charge < -0.3 is 29.6 Å². The summed E-state index contributed by atoms with van der Waals surface area (Å²) in [5.74, 6) is 1.85. The van der Waals surface area contributed by atoms with E-state index in [1.165, 1.54) is 7.05 Å². The lowest BCUT2D eigenvalue weighted by atomic mass is 10.1. The highest BCUT2D eigenvalue weighted by atomic mass is 16.5. The summed E-state index contributed by atoms with van der Waals surface area (Å²) in [6.07, 6.45) is 1.65. The molecule has 3 heterocycles. The molecule has 0 spiro atoms. The number of hydrogen-bond acceptors (Lipinski definition) is 7. The van der Waals surface area contributed by atoms with Crippen LogP contribution in [0.1, 0.15) is 41.5 Å². The number of hydrogen-bond donors (Lipinski definition) is 3. The number of ether oxygens (including phenoxy) is 2. The van der Waals surface area contributed by atoms with Crippen LogP contribution in [0.4, 0.5) is 10.5 Å². The molecule has 10 nitrogen and oxygen atoms in total. The van der Waals surface area contributed by atoms with Gasteiger partial charge in [-0.3, -0.25) is 4.79 Å². The van der Waals surface area contributed by atoms with Crippen LogP contribution in [0.15, 0.2) is 46.7 Å². The molecule has 10 heteroatoms. The van der Waals surface area contributed by atoms with E-state index in [0.717, 1.165) is 10.9 Å². The number of aromatic amines is 1. The molecule has 35 heavy (non-hydrogen) atoms. The molecular formula is C25H23N5O5. The van der Waals surface area contributed by atoms with E-state index in [0.29, 0.717) is 45.7 Å². The molecule has 0 saturated carbocycles. The van der Waals surface area contributed by atoms with Gasteiger partial charge in [-0.05, 0) is 42.5 Å². The molecule has 0 aliphatic carbocycles. The summed E-state index contributed by atoms with van der Waals surface area (Å²) in [5.41, 5.74) is 2.85. The van der Waals surface area contributed by atoms with E-state index >= 15 is 0 Å². The van der Waals surface area contributed by atoms with Crippen molar-refractivity contribution in [3.05, 3.63) is 59.1 Å². The number of nitrogens with one attached hydrogen (secondary N) is 3. The Bertz CT molecular complexity index is 1500. The summed E-state index contributed by atoms with van der Waals surface area (Å²) >= 11 is 0. The van der Waals surface area contributed by atoms with Gasteiger partial charge in [0.25, 0.3) is 5.89 Å². The van der Waals surface area contributed by atoms with Crippen molar-refractivity contribution < 1.29 is 23.6 Å². The Kier molecular flexibility index (Phi) is 5.48. The van der Waals surface area contributed by atoms with E-state index < -0.39 is 0 Å². The number of aromatic nitrogens is 3. The summed E-state index contributed by atoms with van der Waals surface area (Å²) in [4.78, 5) is 32.7. The number of anilines is 1. The minimum Gasteiger partial charge on any atom is -0.497 e. The number of rotatable bonds is 5. The number of fused-ring (bicyclic) bond motifs is 2. The monoisotopic (exact) mass is 473 g/mol. The number of nitrogens with zero attached hydrogens (tertiary/aromatic N) is 2. The third kappa shape index (κ3) is 3.99. The predicted molar refractivity (Wildman–Crippen MR) is 130 cm³/mol. The fraction of sp³-hybridized carbons (Fsp3) is 0.200. The van der Waals surface area contributed by atoms with Crippen LogP contribution >= 0.6 is 0 Å². The fourth-order valence-corrected chi connectivity index (χ4v) is 3.80. The summed E-state index contributed by atoms with van der Waals surface area (Å²) in [6, 6.07) is 10.1. The number of ketones is 1. The number of H-pyrrole nitrogens is 1. The highest BCUT2D eigenvalue weighted by Crippen LogP contribution is 2.38. The normalized spacial score (nSPS) is 13.9. The molecule has 0 bridgehead atoms. The second kappa shape index (κ2) is 8.64. The van der Waals surface area contributed by atoms with Crippen molar-refractivity contribution in [1.82, 2.24) is 20.4 Å². The summed E-state index contributed by atoms with van der Waals surface area (Å²) < 4.78 is 16.8. The van der Waals surface area contributed by atoms with Crippen molar-refractivity contribution >= 4 is 34.5 Å². The maximum Gasteiger partial charge on any atom is 0.318 e. The summed E-state index contributed by atoms with van der Waals surface area (Å²) in [5, 5.41) is 10.00. The van der Waals surface area contributed by atoms with Crippen LogP contribution in [0.25, 0.3) is 28.6 Å². The molecule has 5 rings (SSSR count). The zero-order valence-corrected chi connectivity index (χ0v) is 19.6. The van der Waals surface area contributed by atoms with Crippen LogP contribution in [-0.2, 0) is 0 Å². The Morgan fingerprint density at radius 1 is 1.20 bits per heavy atom. The zero-order valence-electron chi connectivity index (χ0n) is 19.6. The van der Waals surface area contributed by atoms with Crippen LogP contribution in [0.5, 0.6) is 11.5 Å². The van der Waals surface area contributed by atoms with Gasteiger partial charge in [0.05, 0.1) is 12.7 Å². The van der Waals surface area contributed by atoms with Gasteiger partial charge >= 0.3 is 6.03 Å². The first kappa shape index (κ1) is 22.2. The van der Waals surface area contributed by atoms with Gasteiger partial charge in [-0.2, -0.15) is 4.98 Å². The van der Waals surface area contributed by atoms with Crippen molar-refractivity contribution in [1.29, 1.82) is 0 Å². The second-order valence-corrected chi connectivity index (χ2v) is 8.29. The van der Waals surface area contributed by atoms with E-state index in [1.54, 1.807) is 31.4 Å². The van der Waals surface area contributed by atoms with Crippen molar-refractivity contribution in [3.63, 3.8) is 0 Å². The van der Waals surface area contributed by atoms with E-state index in [9.17, 15) is 9.59 Å². The molecule has 2 aromatic carbocycles. The lowest BCUT2D eigenvalue weighted by Crippen LogP contribution is -2.24. The first-order valence-corrected chi connectivity index (χ1v) is 11.0. The maximum atomic E-state index is 13.2. The molecule has 2 amide bonds. The quantitative estimate of drug-likeness (QED) is 0.358.